The van der Waals surface area contributed by atoms with Gasteiger partial charge in [-0.2, -0.15) is 0 Å². The Hall–Kier alpha value is -0.740. The maximum atomic E-state index is 10.6. The Labute approximate surface area is 94.7 Å². The van der Waals surface area contributed by atoms with E-state index >= 15 is 0 Å². The summed E-state index contributed by atoms with van der Waals surface area (Å²) in [5.41, 5.74) is 1.58. The molecule has 6 heteroatoms. The smallest absolute Gasteiger partial charge is 0.303 e. The second-order valence-electron chi connectivity index (χ2n) is 3.91. The van der Waals surface area contributed by atoms with Crippen LogP contribution in [0.1, 0.15) is 44.1 Å². The Bertz CT molecular complexity index is 384. The van der Waals surface area contributed by atoms with Crippen LogP contribution in [0, 0.1) is 0 Å². The summed E-state index contributed by atoms with van der Waals surface area (Å²) in [6.45, 7) is 5.65. The summed E-state index contributed by atoms with van der Waals surface area (Å²) in [6, 6.07) is 3.60. The van der Waals surface area contributed by atoms with Crippen molar-refractivity contribution >= 4 is 7.82 Å². The Morgan fingerprint density at radius 3 is 2.31 bits per heavy atom. The monoisotopic (exact) mass is 245 g/mol. The number of pyridine rings is 1. The van der Waals surface area contributed by atoms with Crippen LogP contribution in [-0.4, -0.2) is 14.8 Å². The minimum absolute atomic E-state index is 0.375. The van der Waals surface area contributed by atoms with Crippen LogP contribution < -0.4 is 0 Å². The van der Waals surface area contributed by atoms with Crippen LogP contribution >= 0.6 is 7.82 Å². The van der Waals surface area contributed by atoms with E-state index in [0.29, 0.717) is 11.6 Å². The molecule has 0 aliphatic heterocycles. The average Bonchev–Trinajstić information content (AvgIpc) is 2.15. The molecule has 90 valence electrons. The molecule has 0 aliphatic carbocycles. The van der Waals surface area contributed by atoms with E-state index in [1.54, 1.807) is 19.2 Å². The zero-order chi connectivity index (χ0) is 12.3. The highest BCUT2D eigenvalue weighted by Crippen LogP contribution is 2.41. The van der Waals surface area contributed by atoms with Gasteiger partial charge >= 0.3 is 7.82 Å². The van der Waals surface area contributed by atoms with Crippen molar-refractivity contribution in [3.63, 3.8) is 0 Å². The maximum absolute atomic E-state index is 10.6. The Morgan fingerprint density at radius 1 is 1.31 bits per heavy atom. The van der Waals surface area contributed by atoms with Crippen LogP contribution in [-0.2, 0) is 9.09 Å². The highest BCUT2D eigenvalue weighted by atomic mass is 31.2. The Morgan fingerprint density at radius 2 is 1.94 bits per heavy atom. The predicted octanol–water partition coefficient (Wildman–Crippen LogP) is 2.38. The number of hydrogen-bond acceptors (Lipinski definition) is 3. The van der Waals surface area contributed by atoms with Crippen molar-refractivity contribution < 1.29 is 18.9 Å². The first-order valence-electron chi connectivity index (χ1n) is 4.99. The number of rotatable bonds is 4. The van der Waals surface area contributed by atoms with Gasteiger partial charge in [0.2, 0.25) is 0 Å². The Balaban J connectivity index is 2.78. The molecule has 1 heterocycles. The van der Waals surface area contributed by atoms with Crippen LogP contribution in [0.4, 0.5) is 0 Å². The fourth-order valence-corrected chi connectivity index (χ4v) is 1.78. The molecule has 0 saturated heterocycles. The van der Waals surface area contributed by atoms with Crippen LogP contribution in [0.5, 0.6) is 0 Å². The van der Waals surface area contributed by atoms with Crippen molar-refractivity contribution in [3.8, 4) is 0 Å². The SMILES string of the molecule is CC(C)c1ccc(C(C)OP(=O)(O)O)nc1. The van der Waals surface area contributed by atoms with Crippen molar-refractivity contribution in [2.24, 2.45) is 0 Å². The summed E-state index contributed by atoms with van der Waals surface area (Å²) in [7, 11) is -4.46. The fraction of sp³-hybridized carbons (Fsp3) is 0.500. The summed E-state index contributed by atoms with van der Waals surface area (Å²) in [5, 5.41) is 0. The zero-order valence-electron chi connectivity index (χ0n) is 9.49. The second-order valence-corrected chi connectivity index (χ2v) is 5.10. The van der Waals surface area contributed by atoms with Crippen molar-refractivity contribution in [2.75, 3.05) is 0 Å². The van der Waals surface area contributed by atoms with E-state index in [2.05, 4.69) is 9.51 Å². The standard InChI is InChI=1S/C10H16NO4P/c1-7(2)9-4-5-10(11-6-9)8(3)15-16(12,13)14/h4-8H,1-3H3,(H2,12,13,14). The molecule has 0 spiro atoms. The first-order chi connectivity index (χ1) is 7.29. The van der Waals surface area contributed by atoms with Gasteiger partial charge in [-0.05, 0) is 24.5 Å². The molecule has 0 amide bonds. The number of nitrogens with zero attached hydrogens (tertiary/aromatic N) is 1. The third kappa shape index (κ3) is 4.02. The predicted molar refractivity (Wildman–Crippen MR) is 59.9 cm³/mol. The van der Waals surface area contributed by atoms with Crippen LogP contribution in [0.15, 0.2) is 18.3 Å². The molecule has 0 aliphatic rings. The molecule has 0 saturated carbocycles. The molecule has 1 aromatic heterocycles. The molecule has 2 N–H and O–H groups in total. The summed E-state index contributed by atoms with van der Waals surface area (Å²) in [6.07, 6.45) is 0.974. The van der Waals surface area contributed by atoms with Crippen LogP contribution in [0.3, 0.4) is 0 Å². The van der Waals surface area contributed by atoms with E-state index in [1.807, 2.05) is 19.9 Å². The van der Waals surface area contributed by atoms with Gasteiger partial charge in [0.15, 0.2) is 0 Å². The number of hydrogen-bond donors (Lipinski definition) is 2. The third-order valence-corrected chi connectivity index (χ3v) is 2.78. The molecular weight excluding hydrogens is 229 g/mol. The summed E-state index contributed by atoms with van der Waals surface area (Å²) in [5.74, 6) is 0.375. The summed E-state index contributed by atoms with van der Waals surface area (Å²) >= 11 is 0. The first-order valence-corrected chi connectivity index (χ1v) is 6.52. The number of phosphoric ester groups is 1. The van der Waals surface area contributed by atoms with Crippen molar-refractivity contribution in [1.82, 2.24) is 4.98 Å². The third-order valence-electron chi connectivity index (χ3n) is 2.19. The van der Waals surface area contributed by atoms with E-state index in [4.69, 9.17) is 9.79 Å². The topological polar surface area (TPSA) is 79.7 Å². The molecule has 1 unspecified atom stereocenters. The van der Waals surface area contributed by atoms with E-state index in [0.717, 1.165) is 5.56 Å². The van der Waals surface area contributed by atoms with Gasteiger partial charge in [-0.3, -0.25) is 9.51 Å². The lowest BCUT2D eigenvalue weighted by Crippen LogP contribution is -2.01. The van der Waals surface area contributed by atoms with E-state index in [-0.39, 0.29) is 0 Å². The largest absolute Gasteiger partial charge is 0.470 e. The van der Waals surface area contributed by atoms with Gasteiger partial charge in [0, 0.05) is 6.20 Å². The van der Waals surface area contributed by atoms with Gasteiger partial charge in [-0.25, -0.2) is 4.57 Å². The molecule has 0 bridgehead atoms. The van der Waals surface area contributed by atoms with Crippen molar-refractivity contribution in [3.05, 3.63) is 29.6 Å². The van der Waals surface area contributed by atoms with Gasteiger partial charge in [0.05, 0.1) is 5.69 Å². The molecule has 5 nitrogen and oxygen atoms in total. The molecule has 16 heavy (non-hydrogen) atoms. The molecular formula is C10H16NO4P. The molecule has 1 rings (SSSR count). The maximum Gasteiger partial charge on any atom is 0.470 e. The normalized spacial score (nSPS) is 14.1. The minimum Gasteiger partial charge on any atom is -0.303 e. The van der Waals surface area contributed by atoms with Crippen LogP contribution in [0.2, 0.25) is 0 Å². The zero-order valence-corrected chi connectivity index (χ0v) is 10.4. The lowest BCUT2D eigenvalue weighted by Gasteiger charge is -2.13. The average molecular weight is 245 g/mol. The highest BCUT2D eigenvalue weighted by molar-refractivity contribution is 7.46. The molecule has 0 aromatic carbocycles. The van der Waals surface area contributed by atoms with E-state index < -0.39 is 13.9 Å². The van der Waals surface area contributed by atoms with Crippen LogP contribution in [0.25, 0.3) is 0 Å². The van der Waals surface area contributed by atoms with E-state index in [9.17, 15) is 4.57 Å². The highest BCUT2D eigenvalue weighted by Gasteiger charge is 2.20. The number of aromatic nitrogens is 1. The molecule has 1 atom stereocenters. The molecule has 0 fully saturated rings. The lowest BCUT2D eigenvalue weighted by atomic mass is 10.1. The molecule has 0 radical (unpaired) electrons. The van der Waals surface area contributed by atoms with Gasteiger partial charge in [0.25, 0.3) is 0 Å². The number of phosphoric acid groups is 1. The summed E-state index contributed by atoms with van der Waals surface area (Å²) < 4.78 is 15.2. The molecule has 1 aromatic rings. The first kappa shape index (κ1) is 13.3. The van der Waals surface area contributed by atoms with Crippen molar-refractivity contribution in [2.45, 2.75) is 32.8 Å². The second kappa shape index (κ2) is 5.06. The summed E-state index contributed by atoms with van der Waals surface area (Å²) in [4.78, 5) is 21.4. The Kier molecular flexibility index (Phi) is 4.21. The van der Waals surface area contributed by atoms with Gasteiger partial charge in [0.1, 0.15) is 6.10 Å². The van der Waals surface area contributed by atoms with Crippen molar-refractivity contribution in [1.29, 1.82) is 0 Å². The van der Waals surface area contributed by atoms with Gasteiger partial charge in [-0.1, -0.05) is 19.9 Å². The van der Waals surface area contributed by atoms with Gasteiger partial charge in [-0.15, -0.1) is 0 Å². The lowest BCUT2D eigenvalue weighted by molar-refractivity contribution is 0.143. The quantitative estimate of drug-likeness (QED) is 0.796. The minimum atomic E-state index is -4.46. The fourth-order valence-electron chi connectivity index (χ4n) is 1.26. The van der Waals surface area contributed by atoms with Gasteiger partial charge < -0.3 is 9.79 Å². The van der Waals surface area contributed by atoms with E-state index in [1.165, 1.54) is 0 Å².